The maximum atomic E-state index is 11.4. The summed E-state index contributed by atoms with van der Waals surface area (Å²) in [7, 11) is 0. The van der Waals surface area contributed by atoms with E-state index in [0.29, 0.717) is 43.1 Å². The highest BCUT2D eigenvalue weighted by Gasteiger charge is 2.28. The third kappa shape index (κ3) is 4.25. The van der Waals surface area contributed by atoms with Gasteiger partial charge in [0, 0.05) is 25.2 Å². The van der Waals surface area contributed by atoms with Crippen LogP contribution in [0.1, 0.15) is 18.4 Å². The number of carboxylic acid groups (broad SMARTS) is 1. The van der Waals surface area contributed by atoms with Crippen molar-refractivity contribution in [2.24, 2.45) is 5.92 Å². The van der Waals surface area contributed by atoms with Crippen LogP contribution in [0.3, 0.4) is 0 Å². The standard InChI is InChI=1S/C20H20N2O5/c1-2-14-3-5-16(6-4-14)27-17-7-8-18(22(25)26)19(13-17)21-11-9-15(10-12-21)20(23)24/h2-8,13,15H,1,9-12H2,(H,23,24). The van der Waals surface area contributed by atoms with Gasteiger partial charge in [-0.15, -0.1) is 0 Å². The molecule has 0 unspecified atom stereocenters. The van der Waals surface area contributed by atoms with E-state index in [1.54, 1.807) is 30.3 Å². The second kappa shape index (κ2) is 7.90. The van der Waals surface area contributed by atoms with E-state index < -0.39 is 16.8 Å². The molecule has 1 N–H and O–H groups in total. The van der Waals surface area contributed by atoms with Crippen LogP contribution in [0.4, 0.5) is 11.4 Å². The monoisotopic (exact) mass is 368 g/mol. The molecule has 1 aliphatic rings. The highest BCUT2D eigenvalue weighted by molar-refractivity contribution is 5.71. The predicted octanol–water partition coefficient (Wildman–Crippen LogP) is 4.33. The molecule has 7 heteroatoms. The molecule has 3 rings (SSSR count). The van der Waals surface area contributed by atoms with E-state index in [2.05, 4.69) is 6.58 Å². The quantitative estimate of drug-likeness (QED) is 0.602. The topological polar surface area (TPSA) is 92.9 Å². The first kappa shape index (κ1) is 18.4. The van der Waals surface area contributed by atoms with Crippen molar-refractivity contribution in [3.63, 3.8) is 0 Å². The van der Waals surface area contributed by atoms with Crippen molar-refractivity contribution in [2.45, 2.75) is 12.8 Å². The van der Waals surface area contributed by atoms with Gasteiger partial charge < -0.3 is 14.7 Å². The Morgan fingerprint density at radius 1 is 1.19 bits per heavy atom. The van der Waals surface area contributed by atoms with Crippen molar-refractivity contribution in [1.29, 1.82) is 0 Å². The van der Waals surface area contributed by atoms with Crippen LogP contribution < -0.4 is 9.64 Å². The van der Waals surface area contributed by atoms with Gasteiger partial charge in [-0.05, 0) is 36.6 Å². The predicted molar refractivity (Wildman–Crippen MR) is 102 cm³/mol. The van der Waals surface area contributed by atoms with Gasteiger partial charge in [0.2, 0.25) is 0 Å². The molecule has 1 fully saturated rings. The van der Waals surface area contributed by atoms with Crippen LogP contribution >= 0.6 is 0 Å². The number of carbonyl (C=O) groups is 1. The molecule has 2 aromatic rings. The minimum atomic E-state index is -0.816. The largest absolute Gasteiger partial charge is 0.481 e. The molecule has 0 aliphatic carbocycles. The molecule has 0 saturated carbocycles. The van der Waals surface area contributed by atoms with Gasteiger partial charge in [0.25, 0.3) is 5.69 Å². The zero-order chi connectivity index (χ0) is 19.4. The number of hydrogen-bond acceptors (Lipinski definition) is 5. The number of piperidine rings is 1. The number of carboxylic acids is 1. The first-order valence-corrected chi connectivity index (χ1v) is 8.64. The summed E-state index contributed by atoms with van der Waals surface area (Å²) in [5.74, 6) is -0.111. The average molecular weight is 368 g/mol. The smallest absolute Gasteiger partial charge is 0.306 e. The zero-order valence-electron chi connectivity index (χ0n) is 14.7. The Bertz CT molecular complexity index is 855. The van der Waals surface area contributed by atoms with Crippen LogP contribution in [0.5, 0.6) is 11.5 Å². The summed E-state index contributed by atoms with van der Waals surface area (Å²) in [6.45, 7) is 4.61. The van der Waals surface area contributed by atoms with Crippen molar-refractivity contribution in [2.75, 3.05) is 18.0 Å². The van der Waals surface area contributed by atoms with E-state index in [1.165, 1.54) is 6.07 Å². The highest BCUT2D eigenvalue weighted by atomic mass is 16.6. The van der Waals surface area contributed by atoms with Crippen molar-refractivity contribution in [3.05, 3.63) is 64.7 Å². The normalized spacial score (nSPS) is 14.6. The molecule has 7 nitrogen and oxygen atoms in total. The van der Waals surface area contributed by atoms with Gasteiger partial charge in [0.05, 0.1) is 10.8 Å². The van der Waals surface area contributed by atoms with Crippen LogP contribution in [0, 0.1) is 16.0 Å². The van der Waals surface area contributed by atoms with Gasteiger partial charge in [-0.1, -0.05) is 24.8 Å². The molecule has 27 heavy (non-hydrogen) atoms. The molecular weight excluding hydrogens is 348 g/mol. The molecule has 1 aliphatic heterocycles. The fourth-order valence-electron chi connectivity index (χ4n) is 3.15. The molecule has 0 bridgehead atoms. The minimum Gasteiger partial charge on any atom is -0.481 e. The summed E-state index contributed by atoms with van der Waals surface area (Å²) in [5.41, 5.74) is 1.40. The summed E-state index contributed by atoms with van der Waals surface area (Å²) < 4.78 is 5.83. The number of rotatable bonds is 6. The Morgan fingerprint density at radius 2 is 1.81 bits per heavy atom. The fraction of sp³-hybridized carbons (Fsp3) is 0.250. The maximum Gasteiger partial charge on any atom is 0.306 e. The first-order valence-electron chi connectivity index (χ1n) is 8.64. The first-order chi connectivity index (χ1) is 13.0. The molecule has 0 amide bonds. The highest BCUT2D eigenvalue weighted by Crippen LogP contribution is 2.36. The Hall–Kier alpha value is -3.35. The molecule has 1 heterocycles. The van der Waals surface area contributed by atoms with Crippen LogP contribution in [0.2, 0.25) is 0 Å². The van der Waals surface area contributed by atoms with Crippen LogP contribution in [0.15, 0.2) is 49.0 Å². The molecule has 0 atom stereocenters. The van der Waals surface area contributed by atoms with E-state index in [-0.39, 0.29) is 5.69 Å². The van der Waals surface area contributed by atoms with Crippen molar-refractivity contribution in [1.82, 2.24) is 0 Å². The van der Waals surface area contributed by atoms with E-state index in [1.807, 2.05) is 17.0 Å². The third-order valence-corrected chi connectivity index (χ3v) is 4.68. The number of nitro groups is 1. The Labute approximate surface area is 156 Å². The van der Waals surface area contributed by atoms with E-state index in [9.17, 15) is 14.9 Å². The zero-order valence-corrected chi connectivity index (χ0v) is 14.7. The van der Waals surface area contributed by atoms with E-state index in [0.717, 1.165) is 5.56 Å². The molecule has 0 aromatic heterocycles. The van der Waals surface area contributed by atoms with Crippen molar-refractivity contribution >= 4 is 23.4 Å². The van der Waals surface area contributed by atoms with Gasteiger partial charge >= 0.3 is 5.97 Å². The summed E-state index contributed by atoms with van der Waals surface area (Å²) in [6, 6.07) is 12.0. The summed E-state index contributed by atoms with van der Waals surface area (Å²) in [5, 5.41) is 20.5. The maximum absolute atomic E-state index is 11.4. The molecule has 0 spiro atoms. The van der Waals surface area contributed by atoms with Crippen LogP contribution in [-0.4, -0.2) is 29.1 Å². The lowest BCUT2D eigenvalue weighted by atomic mass is 9.96. The fourth-order valence-corrected chi connectivity index (χ4v) is 3.15. The van der Waals surface area contributed by atoms with E-state index >= 15 is 0 Å². The Balaban J connectivity index is 1.83. The molecule has 2 aromatic carbocycles. The number of nitrogens with zero attached hydrogens (tertiary/aromatic N) is 2. The van der Waals surface area contributed by atoms with E-state index in [4.69, 9.17) is 9.84 Å². The number of hydrogen-bond donors (Lipinski definition) is 1. The number of aliphatic carboxylic acids is 1. The molecular formula is C20H20N2O5. The molecule has 140 valence electrons. The van der Waals surface area contributed by atoms with Gasteiger partial charge in [0.1, 0.15) is 17.2 Å². The number of anilines is 1. The minimum absolute atomic E-state index is 0.0156. The van der Waals surface area contributed by atoms with Crippen molar-refractivity contribution < 1.29 is 19.6 Å². The second-order valence-electron chi connectivity index (χ2n) is 6.38. The molecule has 1 saturated heterocycles. The van der Waals surface area contributed by atoms with Crippen molar-refractivity contribution in [3.8, 4) is 11.5 Å². The summed E-state index contributed by atoms with van der Waals surface area (Å²) in [4.78, 5) is 24.0. The average Bonchev–Trinajstić information content (AvgIpc) is 2.68. The summed E-state index contributed by atoms with van der Waals surface area (Å²) >= 11 is 0. The number of benzene rings is 2. The Kier molecular flexibility index (Phi) is 5.40. The summed E-state index contributed by atoms with van der Waals surface area (Å²) in [6.07, 6.45) is 2.65. The van der Waals surface area contributed by atoms with Crippen LogP contribution in [0.25, 0.3) is 6.08 Å². The third-order valence-electron chi connectivity index (χ3n) is 4.68. The van der Waals surface area contributed by atoms with Crippen LogP contribution in [-0.2, 0) is 4.79 Å². The Morgan fingerprint density at radius 3 is 2.37 bits per heavy atom. The SMILES string of the molecule is C=Cc1ccc(Oc2ccc([N+](=O)[O-])c(N3CCC(C(=O)O)CC3)c2)cc1. The number of nitro benzene ring substituents is 1. The lowest BCUT2D eigenvalue weighted by Crippen LogP contribution is -2.36. The second-order valence-corrected chi connectivity index (χ2v) is 6.38. The van der Waals surface area contributed by atoms with Gasteiger partial charge in [-0.2, -0.15) is 0 Å². The lowest BCUT2D eigenvalue weighted by Gasteiger charge is -2.31. The van der Waals surface area contributed by atoms with Gasteiger partial charge in [-0.3, -0.25) is 14.9 Å². The molecule has 0 radical (unpaired) electrons. The lowest BCUT2D eigenvalue weighted by molar-refractivity contribution is -0.384. The van der Waals surface area contributed by atoms with Gasteiger partial charge in [0.15, 0.2) is 0 Å². The van der Waals surface area contributed by atoms with Gasteiger partial charge in [-0.25, -0.2) is 0 Å². The number of ether oxygens (including phenoxy) is 1.